The molecule has 0 aliphatic carbocycles. The third-order valence-electron chi connectivity index (χ3n) is 9.72. The molecule has 0 N–H and O–H groups in total. The number of hydrogen-bond acceptors (Lipinski definition) is 7. The van der Waals surface area contributed by atoms with Crippen molar-refractivity contribution in [2.24, 2.45) is 0 Å². The molecule has 1 aliphatic rings. The van der Waals surface area contributed by atoms with Crippen molar-refractivity contribution in [3.63, 3.8) is 0 Å². The van der Waals surface area contributed by atoms with Gasteiger partial charge < -0.3 is 9.47 Å². The molecule has 0 spiro atoms. The van der Waals surface area contributed by atoms with E-state index in [1.807, 2.05) is 12.1 Å². The molecule has 0 atom stereocenters. The van der Waals surface area contributed by atoms with E-state index in [0.29, 0.717) is 41.5 Å². The fourth-order valence-corrected chi connectivity index (χ4v) is 12.9. The molecule has 4 heterocycles. The van der Waals surface area contributed by atoms with Crippen molar-refractivity contribution in [2.75, 3.05) is 0 Å². The van der Waals surface area contributed by atoms with Gasteiger partial charge in [0.2, 0.25) is 0 Å². The molecule has 6 rings (SSSR count). The molecule has 0 radical (unpaired) electrons. The Kier molecular flexibility index (Phi) is 11.8. The second-order valence-corrected chi connectivity index (χ2v) is 17.3. The van der Waals surface area contributed by atoms with Crippen molar-refractivity contribution in [1.29, 1.82) is 0 Å². The summed E-state index contributed by atoms with van der Waals surface area (Å²) in [6, 6.07) is 28.8. The number of unbranched alkanes of at least 4 members (excludes halogenated alkanes) is 6. The summed E-state index contributed by atoms with van der Waals surface area (Å²) < 4.78 is 10.2. The maximum Gasteiger partial charge on any atom is 0.298 e. The van der Waals surface area contributed by atoms with Gasteiger partial charge >= 0.3 is 0 Å². The number of nitrogens with zero attached hydrogens (tertiary/aromatic N) is 3. The molecule has 0 bridgehead atoms. The van der Waals surface area contributed by atoms with Crippen LogP contribution in [0.3, 0.4) is 0 Å². The van der Waals surface area contributed by atoms with Gasteiger partial charge in [-0.25, -0.2) is 4.98 Å². The van der Waals surface area contributed by atoms with Crippen LogP contribution in [0.25, 0.3) is 33.9 Å². The molecule has 0 saturated heterocycles. The van der Waals surface area contributed by atoms with E-state index in [-0.39, 0.29) is 5.75 Å². The average molecular weight is 694 g/mol. The second-order valence-electron chi connectivity index (χ2n) is 13.1. The van der Waals surface area contributed by atoms with E-state index in [9.17, 15) is 9.59 Å². The highest BCUT2D eigenvalue weighted by atomic mass is 28.3. The van der Waals surface area contributed by atoms with Gasteiger partial charge in [0.1, 0.15) is 19.6 Å². The Morgan fingerprint density at radius 2 is 1.18 bits per heavy atom. The molecule has 8 heteroatoms. The molecule has 0 saturated carbocycles. The molecule has 2 aromatic carbocycles. The Labute approximate surface area is 301 Å². The van der Waals surface area contributed by atoms with E-state index < -0.39 is 8.07 Å². The molecule has 0 fully saturated rings. The molecule has 3 aromatic heterocycles. The van der Waals surface area contributed by atoms with Gasteiger partial charge in [-0.1, -0.05) is 107 Å². The van der Waals surface area contributed by atoms with E-state index in [0.717, 1.165) is 11.1 Å². The molecule has 51 heavy (non-hydrogen) atoms. The summed E-state index contributed by atoms with van der Waals surface area (Å²) in [5.74, 6) is 7.46. The highest BCUT2D eigenvalue weighted by molar-refractivity contribution is 7.05. The molecular formula is C43H43N3O4Si. The van der Waals surface area contributed by atoms with Crippen molar-refractivity contribution in [1.82, 2.24) is 15.0 Å². The molecule has 1 aliphatic heterocycles. The fraction of sp³-hybridized carbons (Fsp3) is 0.279. The lowest BCUT2D eigenvalue weighted by atomic mass is 10.0. The third kappa shape index (κ3) is 8.16. The zero-order valence-electron chi connectivity index (χ0n) is 29.4. The van der Waals surface area contributed by atoms with E-state index in [1.54, 1.807) is 40.8 Å². The number of aromatic nitrogens is 3. The summed E-state index contributed by atoms with van der Waals surface area (Å²) in [7, 11) is -1.97. The van der Waals surface area contributed by atoms with Crippen LogP contribution in [0, 0.1) is 11.8 Å². The summed E-state index contributed by atoms with van der Waals surface area (Å²) in [5.41, 5.74) is 6.54. The van der Waals surface area contributed by atoms with Gasteiger partial charge in [0, 0.05) is 41.7 Å². The Morgan fingerprint density at radius 1 is 0.588 bits per heavy atom. The van der Waals surface area contributed by atoms with Gasteiger partial charge in [-0.05, 0) is 63.9 Å². The van der Waals surface area contributed by atoms with Crippen LogP contribution in [0.1, 0.15) is 76.3 Å². The van der Waals surface area contributed by atoms with Crippen LogP contribution in [-0.4, -0.2) is 36.0 Å². The summed E-state index contributed by atoms with van der Waals surface area (Å²) in [6.45, 7) is 5.28. The van der Waals surface area contributed by atoms with Crippen molar-refractivity contribution in [2.45, 2.75) is 77.3 Å². The largest absolute Gasteiger partial charge is 0.429 e. The Hall–Kier alpha value is -5.39. The molecule has 258 valence electrons. The molecule has 7 nitrogen and oxygen atoms in total. The maximum atomic E-state index is 11.3. The minimum Gasteiger partial charge on any atom is -0.429 e. The number of pyridine rings is 3. The van der Waals surface area contributed by atoms with Crippen molar-refractivity contribution >= 4 is 31.4 Å². The summed E-state index contributed by atoms with van der Waals surface area (Å²) in [4.78, 5) is 35.8. The molecular weight excluding hydrogens is 651 g/mol. The predicted molar refractivity (Wildman–Crippen MR) is 205 cm³/mol. The number of rotatable bonds is 16. The lowest BCUT2D eigenvalue weighted by Gasteiger charge is -2.30. The van der Waals surface area contributed by atoms with E-state index in [4.69, 9.17) is 14.5 Å². The normalized spacial score (nSPS) is 12.3. The average Bonchev–Trinajstić information content (AvgIpc) is 3.43. The van der Waals surface area contributed by atoms with Crippen LogP contribution in [0.15, 0.2) is 91.3 Å². The van der Waals surface area contributed by atoms with E-state index in [2.05, 4.69) is 78.1 Å². The first-order valence-corrected chi connectivity index (χ1v) is 20.4. The van der Waals surface area contributed by atoms with Crippen LogP contribution in [0.4, 0.5) is 0 Å². The van der Waals surface area contributed by atoms with E-state index in [1.165, 1.54) is 80.8 Å². The first-order valence-electron chi connectivity index (χ1n) is 18.0. The van der Waals surface area contributed by atoms with Gasteiger partial charge in [-0.2, -0.15) is 0 Å². The minimum atomic E-state index is -1.97. The fourth-order valence-electron chi connectivity index (χ4n) is 7.27. The summed E-state index contributed by atoms with van der Waals surface area (Å²) >= 11 is 0. The van der Waals surface area contributed by atoms with Crippen LogP contribution in [0.2, 0.25) is 12.1 Å². The molecule has 0 unspecified atom stereocenters. The van der Waals surface area contributed by atoms with Gasteiger partial charge in [0.25, 0.3) is 12.9 Å². The standard InChI is InChI=1S/C43H43N3O4Si/c1-3-5-7-11-23-51(24-12-8-6-4-2)42-14-10-9-13-36(42)37-18-17-32(26-43(37)51)15-16-33-19-21-44-38(25-33)40-28-35(50-31-48)29-41(46-40)39-27-34(49-30-47)20-22-45-39/h9-10,13-14,17-22,25-31H,3-8,11-12,23-24H2,1-2H3. The second kappa shape index (κ2) is 17.0. The number of fused-ring (bicyclic) bond motifs is 3. The molecule has 5 aromatic rings. The van der Waals surface area contributed by atoms with Gasteiger partial charge in [-0.3, -0.25) is 19.6 Å². The first kappa shape index (κ1) is 35.4. The number of carbonyl (C=O) groups excluding carboxylic acids is 2. The Morgan fingerprint density at radius 3 is 1.86 bits per heavy atom. The quantitative estimate of drug-likeness (QED) is 0.0444. The van der Waals surface area contributed by atoms with Gasteiger partial charge in [-0.15, -0.1) is 0 Å². The maximum absolute atomic E-state index is 11.3. The summed E-state index contributed by atoms with van der Waals surface area (Å²) in [6.07, 6.45) is 13.4. The smallest absolute Gasteiger partial charge is 0.298 e. The number of hydrogen-bond donors (Lipinski definition) is 0. The molecule has 0 amide bonds. The highest BCUT2D eigenvalue weighted by Crippen LogP contribution is 2.36. The summed E-state index contributed by atoms with van der Waals surface area (Å²) in [5, 5.41) is 3.17. The minimum absolute atomic E-state index is 0.281. The topological polar surface area (TPSA) is 91.3 Å². The number of ether oxygens (including phenoxy) is 2. The van der Waals surface area contributed by atoms with Gasteiger partial charge in [0.05, 0.1) is 22.8 Å². The Bertz CT molecular complexity index is 2060. The lowest BCUT2D eigenvalue weighted by Crippen LogP contribution is -2.55. The van der Waals surface area contributed by atoms with Crippen LogP contribution >= 0.6 is 0 Å². The van der Waals surface area contributed by atoms with Crippen molar-refractivity contribution < 1.29 is 19.1 Å². The van der Waals surface area contributed by atoms with Crippen molar-refractivity contribution in [3.05, 3.63) is 102 Å². The van der Waals surface area contributed by atoms with Crippen molar-refractivity contribution in [3.8, 4) is 57.2 Å². The monoisotopic (exact) mass is 693 g/mol. The third-order valence-corrected chi connectivity index (χ3v) is 15.0. The first-order chi connectivity index (χ1) is 25.1. The van der Waals surface area contributed by atoms with Gasteiger partial charge in [0.15, 0.2) is 0 Å². The highest BCUT2D eigenvalue weighted by Gasteiger charge is 2.44. The zero-order chi connectivity index (χ0) is 35.5. The van der Waals surface area contributed by atoms with Crippen LogP contribution in [0.5, 0.6) is 11.5 Å². The van der Waals surface area contributed by atoms with E-state index >= 15 is 0 Å². The van der Waals surface area contributed by atoms with Crippen LogP contribution < -0.4 is 19.8 Å². The zero-order valence-corrected chi connectivity index (χ0v) is 30.4. The Balaban J connectivity index is 1.34. The lowest BCUT2D eigenvalue weighted by molar-refractivity contribution is -0.121. The predicted octanol–water partition coefficient (Wildman–Crippen LogP) is 8.38. The number of benzene rings is 2. The number of carbonyl (C=O) groups is 2. The van der Waals surface area contributed by atoms with Crippen LogP contribution in [-0.2, 0) is 9.59 Å². The SMILES string of the molecule is CCCCCC[Si]1(CCCCCC)c2ccccc2-c2ccc(C#Cc3ccnc(-c4cc(OC=O)cc(-c5cc(OC=O)ccn5)n4)c3)cc21.